The first-order chi connectivity index (χ1) is 10.5. The van der Waals surface area contributed by atoms with Crippen molar-refractivity contribution in [2.24, 2.45) is 0 Å². The fourth-order valence-electron chi connectivity index (χ4n) is 1.69. The highest BCUT2D eigenvalue weighted by Gasteiger charge is 2.24. The summed E-state index contributed by atoms with van der Waals surface area (Å²) in [7, 11) is 0. The number of hydrogen-bond donors (Lipinski definition) is 2. The Balaban J connectivity index is 2.14. The molecule has 0 heterocycles. The molecule has 0 saturated carbocycles. The van der Waals surface area contributed by atoms with E-state index in [1.807, 2.05) is 0 Å². The lowest BCUT2D eigenvalue weighted by Gasteiger charge is -2.22. The van der Waals surface area contributed by atoms with Gasteiger partial charge in [-0.05, 0) is 24.3 Å². The molecule has 1 amide bonds. The van der Waals surface area contributed by atoms with Gasteiger partial charge in [0.2, 0.25) is 6.23 Å². The third-order valence-electron chi connectivity index (χ3n) is 2.74. The first-order valence-electron chi connectivity index (χ1n) is 6.27. The number of halogens is 3. The largest absolute Gasteiger partial charge is 0.507 e. The Morgan fingerprint density at radius 1 is 1.09 bits per heavy atom. The standard InChI is InChI=1S/C15H12Cl3NO3/c16-10-6-2-4-8-12(10)22-15(13(17)18)19-14(21)9-5-1-3-7-11(9)20/h1-8,13,15,20H,(H,19,21). The van der Waals surface area contributed by atoms with Gasteiger partial charge in [0.25, 0.3) is 5.91 Å². The van der Waals surface area contributed by atoms with E-state index in [-0.39, 0.29) is 11.3 Å². The van der Waals surface area contributed by atoms with Crippen molar-refractivity contribution in [3.63, 3.8) is 0 Å². The fourth-order valence-corrected chi connectivity index (χ4v) is 2.10. The van der Waals surface area contributed by atoms with E-state index in [1.54, 1.807) is 36.4 Å². The van der Waals surface area contributed by atoms with Crippen molar-refractivity contribution in [1.29, 1.82) is 0 Å². The van der Waals surface area contributed by atoms with Crippen LogP contribution in [0.2, 0.25) is 5.02 Å². The van der Waals surface area contributed by atoms with Crippen LogP contribution in [0.5, 0.6) is 11.5 Å². The molecule has 0 aliphatic carbocycles. The van der Waals surface area contributed by atoms with E-state index in [0.29, 0.717) is 10.8 Å². The summed E-state index contributed by atoms with van der Waals surface area (Å²) in [6, 6.07) is 12.8. The van der Waals surface area contributed by atoms with Crippen LogP contribution in [0.1, 0.15) is 10.4 Å². The highest BCUT2D eigenvalue weighted by Crippen LogP contribution is 2.26. The summed E-state index contributed by atoms with van der Waals surface area (Å²) in [5, 5.41) is 12.5. The van der Waals surface area contributed by atoms with E-state index in [9.17, 15) is 9.90 Å². The number of carbonyl (C=O) groups excluding carboxylic acids is 1. The normalized spacial score (nSPS) is 12.0. The molecule has 2 aromatic carbocycles. The quantitative estimate of drug-likeness (QED) is 0.626. The van der Waals surface area contributed by atoms with Crippen LogP contribution in [0.4, 0.5) is 0 Å². The zero-order valence-electron chi connectivity index (χ0n) is 11.2. The third kappa shape index (κ3) is 4.19. The molecule has 4 nitrogen and oxygen atoms in total. The Bertz CT molecular complexity index is 664. The second-order valence-electron chi connectivity index (χ2n) is 4.29. The van der Waals surface area contributed by atoms with Crippen LogP contribution in [0.15, 0.2) is 48.5 Å². The second-order valence-corrected chi connectivity index (χ2v) is 5.86. The maximum atomic E-state index is 12.2. The van der Waals surface area contributed by atoms with Crippen LogP contribution in [0.25, 0.3) is 0 Å². The molecular formula is C15H12Cl3NO3. The van der Waals surface area contributed by atoms with Crippen molar-refractivity contribution in [2.75, 3.05) is 0 Å². The fraction of sp³-hybridized carbons (Fsp3) is 0.133. The van der Waals surface area contributed by atoms with Crippen LogP contribution in [0, 0.1) is 0 Å². The van der Waals surface area contributed by atoms with Crippen LogP contribution < -0.4 is 10.1 Å². The number of para-hydroxylation sites is 2. The SMILES string of the molecule is O=C(NC(Oc1ccccc1Cl)C(Cl)Cl)c1ccccc1O. The molecule has 0 radical (unpaired) electrons. The Kier molecular flexibility index (Phi) is 5.77. The van der Waals surface area contributed by atoms with E-state index in [4.69, 9.17) is 39.5 Å². The molecule has 2 aromatic rings. The minimum Gasteiger partial charge on any atom is -0.507 e. The number of amides is 1. The Morgan fingerprint density at radius 2 is 1.73 bits per heavy atom. The Hall–Kier alpha value is -1.62. The van der Waals surface area contributed by atoms with Gasteiger partial charge in [0.1, 0.15) is 11.5 Å². The van der Waals surface area contributed by atoms with Crippen LogP contribution in [0.3, 0.4) is 0 Å². The predicted octanol–water partition coefficient (Wildman–Crippen LogP) is 3.98. The smallest absolute Gasteiger partial charge is 0.257 e. The molecule has 0 aliphatic rings. The number of carbonyl (C=O) groups is 1. The van der Waals surface area contributed by atoms with Gasteiger partial charge in [-0.1, -0.05) is 59.1 Å². The molecule has 0 spiro atoms. The minimum absolute atomic E-state index is 0.0873. The van der Waals surface area contributed by atoms with Crippen molar-refractivity contribution in [1.82, 2.24) is 5.32 Å². The number of phenols is 1. The summed E-state index contributed by atoms with van der Waals surface area (Å²) in [5.74, 6) is -0.392. The van der Waals surface area contributed by atoms with Gasteiger partial charge < -0.3 is 15.2 Å². The van der Waals surface area contributed by atoms with Gasteiger partial charge in [-0.3, -0.25) is 4.79 Å². The van der Waals surface area contributed by atoms with Gasteiger partial charge >= 0.3 is 0 Å². The van der Waals surface area contributed by atoms with E-state index in [1.165, 1.54) is 12.1 Å². The van der Waals surface area contributed by atoms with Gasteiger partial charge in [-0.2, -0.15) is 0 Å². The monoisotopic (exact) mass is 359 g/mol. The van der Waals surface area contributed by atoms with Crippen molar-refractivity contribution >= 4 is 40.7 Å². The van der Waals surface area contributed by atoms with Crippen LogP contribution >= 0.6 is 34.8 Å². The number of nitrogens with one attached hydrogen (secondary N) is 1. The number of alkyl halides is 2. The van der Waals surface area contributed by atoms with Gasteiger partial charge in [0.15, 0.2) is 4.84 Å². The first-order valence-corrected chi connectivity index (χ1v) is 7.52. The highest BCUT2D eigenvalue weighted by molar-refractivity contribution is 6.44. The molecule has 0 bridgehead atoms. The van der Waals surface area contributed by atoms with E-state index >= 15 is 0 Å². The molecule has 22 heavy (non-hydrogen) atoms. The number of phenolic OH excluding ortho intramolecular Hbond substituents is 1. The molecule has 2 N–H and O–H groups in total. The summed E-state index contributed by atoms with van der Waals surface area (Å²) >= 11 is 17.7. The molecule has 116 valence electrons. The zero-order chi connectivity index (χ0) is 16.1. The Labute approximate surface area is 142 Å². The summed E-state index contributed by atoms with van der Waals surface area (Å²) in [4.78, 5) is 11.1. The molecule has 0 aromatic heterocycles. The van der Waals surface area contributed by atoms with Gasteiger partial charge in [0.05, 0.1) is 10.6 Å². The topological polar surface area (TPSA) is 58.6 Å². The molecule has 1 atom stereocenters. The number of benzene rings is 2. The molecule has 1 unspecified atom stereocenters. The summed E-state index contributed by atoms with van der Waals surface area (Å²) in [5.41, 5.74) is 0.0873. The lowest BCUT2D eigenvalue weighted by Crippen LogP contribution is -2.43. The third-order valence-corrected chi connectivity index (χ3v) is 3.51. The highest BCUT2D eigenvalue weighted by atomic mass is 35.5. The lowest BCUT2D eigenvalue weighted by atomic mass is 10.2. The number of ether oxygens (including phenoxy) is 1. The van der Waals surface area contributed by atoms with Crippen molar-refractivity contribution < 1.29 is 14.6 Å². The molecule has 2 rings (SSSR count). The average molecular weight is 361 g/mol. The summed E-state index contributed by atoms with van der Waals surface area (Å²) < 4.78 is 5.53. The minimum atomic E-state index is -1.04. The molecule has 0 fully saturated rings. The lowest BCUT2D eigenvalue weighted by molar-refractivity contribution is 0.0842. The molecule has 0 aliphatic heterocycles. The zero-order valence-corrected chi connectivity index (χ0v) is 13.4. The van der Waals surface area contributed by atoms with E-state index in [0.717, 1.165) is 0 Å². The number of rotatable bonds is 5. The van der Waals surface area contributed by atoms with Gasteiger partial charge in [-0.25, -0.2) is 0 Å². The second kappa shape index (κ2) is 7.58. The van der Waals surface area contributed by atoms with Crippen LogP contribution in [-0.4, -0.2) is 22.1 Å². The summed E-state index contributed by atoms with van der Waals surface area (Å²) in [6.45, 7) is 0. The molecule has 7 heteroatoms. The predicted molar refractivity (Wildman–Crippen MR) is 86.9 cm³/mol. The number of hydrogen-bond acceptors (Lipinski definition) is 3. The maximum Gasteiger partial charge on any atom is 0.257 e. The van der Waals surface area contributed by atoms with Crippen molar-refractivity contribution in [2.45, 2.75) is 11.1 Å². The molecular weight excluding hydrogens is 349 g/mol. The molecule has 0 saturated heterocycles. The van der Waals surface area contributed by atoms with Gasteiger partial charge in [-0.15, -0.1) is 0 Å². The van der Waals surface area contributed by atoms with Crippen molar-refractivity contribution in [3.05, 3.63) is 59.1 Å². The Morgan fingerprint density at radius 3 is 2.36 bits per heavy atom. The maximum absolute atomic E-state index is 12.2. The van der Waals surface area contributed by atoms with E-state index in [2.05, 4.69) is 5.32 Å². The number of aromatic hydroxyl groups is 1. The van der Waals surface area contributed by atoms with Gasteiger partial charge in [0, 0.05) is 0 Å². The first kappa shape index (κ1) is 16.7. The van der Waals surface area contributed by atoms with Crippen molar-refractivity contribution in [3.8, 4) is 11.5 Å². The summed E-state index contributed by atoms with van der Waals surface area (Å²) in [6.07, 6.45) is -1.03. The van der Waals surface area contributed by atoms with E-state index < -0.39 is 17.0 Å². The van der Waals surface area contributed by atoms with Crippen LogP contribution in [-0.2, 0) is 0 Å². The average Bonchev–Trinajstić information content (AvgIpc) is 2.49.